The predicted octanol–water partition coefficient (Wildman–Crippen LogP) is 4.97. The van der Waals surface area contributed by atoms with Crippen molar-refractivity contribution in [2.75, 3.05) is 17.1 Å². The highest BCUT2D eigenvalue weighted by molar-refractivity contribution is 9.10. The maximum atomic E-state index is 12.6. The lowest BCUT2D eigenvalue weighted by atomic mass is 10.1. The van der Waals surface area contributed by atoms with Gasteiger partial charge in [-0.1, -0.05) is 28.1 Å². The summed E-state index contributed by atoms with van der Waals surface area (Å²) in [5, 5.41) is 7.64. The highest BCUT2D eigenvalue weighted by atomic mass is 79.9. The molecule has 0 radical (unpaired) electrons. The summed E-state index contributed by atoms with van der Waals surface area (Å²) < 4.78 is 33.9. The van der Waals surface area contributed by atoms with E-state index in [1.165, 1.54) is 12.1 Å². The number of hydrogen-bond donors (Lipinski definition) is 3. The van der Waals surface area contributed by atoms with Crippen LogP contribution in [-0.2, 0) is 10.0 Å². The summed E-state index contributed by atoms with van der Waals surface area (Å²) in [6, 6.07) is 20.6. The molecule has 32 heavy (non-hydrogen) atoms. The highest BCUT2D eigenvalue weighted by Gasteiger charge is 2.14. The van der Waals surface area contributed by atoms with E-state index in [0.29, 0.717) is 22.3 Å². The van der Waals surface area contributed by atoms with Crippen LogP contribution in [0.5, 0.6) is 5.75 Å². The van der Waals surface area contributed by atoms with Crippen LogP contribution in [0.25, 0.3) is 0 Å². The second-order valence-corrected chi connectivity index (χ2v) is 9.63. The van der Waals surface area contributed by atoms with Crippen molar-refractivity contribution in [3.8, 4) is 5.75 Å². The standard InChI is InChI=1S/C22H21BrN4O3S2/c1-15(25-26-22(31)24-18-7-5-17(23)6-8-18)16-3-13-21(14-4-16)32(28,29)27-19-9-11-20(30-2)12-10-19/h3-14,27H,1-2H3,(H2,24,26,31). The zero-order valence-corrected chi connectivity index (χ0v) is 20.5. The Labute approximate surface area is 201 Å². The molecule has 3 rings (SSSR count). The summed E-state index contributed by atoms with van der Waals surface area (Å²) in [6.45, 7) is 1.80. The Morgan fingerprint density at radius 1 is 0.938 bits per heavy atom. The van der Waals surface area contributed by atoms with Crippen molar-refractivity contribution in [3.63, 3.8) is 0 Å². The molecule has 0 saturated carbocycles. The number of methoxy groups -OCH3 is 1. The predicted molar refractivity (Wildman–Crippen MR) is 136 cm³/mol. The molecule has 0 spiro atoms. The number of rotatable bonds is 7. The molecule has 0 bridgehead atoms. The number of benzene rings is 3. The monoisotopic (exact) mass is 532 g/mol. The maximum Gasteiger partial charge on any atom is 0.261 e. The zero-order valence-electron chi connectivity index (χ0n) is 17.3. The molecule has 0 aliphatic carbocycles. The van der Waals surface area contributed by atoms with Gasteiger partial charge >= 0.3 is 0 Å². The second kappa shape index (κ2) is 10.6. The van der Waals surface area contributed by atoms with Crippen molar-refractivity contribution in [3.05, 3.63) is 82.8 Å². The van der Waals surface area contributed by atoms with E-state index in [1.54, 1.807) is 50.4 Å². The Morgan fingerprint density at radius 3 is 2.12 bits per heavy atom. The van der Waals surface area contributed by atoms with Crippen molar-refractivity contribution in [2.24, 2.45) is 5.10 Å². The van der Waals surface area contributed by atoms with Crippen LogP contribution >= 0.6 is 28.1 Å². The fourth-order valence-corrected chi connectivity index (χ4v) is 4.13. The number of nitrogens with zero attached hydrogens (tertiary/aromatic N) is 1. The minimum absolute atomic E-state index is 0.144. The molecule has 0 fully saturated rings. The fraction of sp³-hybridized carbons (Fsp3) is 0.0909. The van der Waals surface area contributed by atoms with E-state index < -0.39 is 10.0 Å². The van der Waals surface area contributed by atoms with E-state index in [4.69, 9.17) is 17.0 Å². The van der Waals surface area contributed by atoms with Crippen LogP contribution in [0.2, 0.25) is 0 Å². The SMILES string of the molecule is COc1ccc(NS(=O)(=O)c2ccc(C(C)=NNC(=S)Nc3ccc(Br)cc3)cc2)cc1. The summed E-state index contributed by atoms with van der Waals surface area (Å²) in [5.74, 6) is 0.646. The molecule has 0 amide bonds. The van der Waals surface area contributed by atoms with Gasteiger partial charge in [0.2, 0.25) is 0 Å². The van der Waals surface area contributed by atoms with Gasteiger partial charge in [0.15, 0.2) is 5.11 Å². The summed E-state index contributed by atoms with van der Waals surface area (Å²) in [4.78, 5) is 0.144. The van der Waals surface area contributed by atoms with E-state index in [2.05, 4.69) is 36.5 Å². The molecular weight excluding hydrogens is 512 g/mol. The van der Waals surface area contributed by atoms with Crippen LogP contribution in [0, 0.1) is 0 Å². The van der Waals surface area contributed by atoms with Crippen molar-refractivity contribution in [2.45, 2.75) is 11.8 Å². The Hall–Kier alpha value is -2.95. The average Bonchev–Trinajstić information content (AvgIpc) is 2.79. The molecule has 0 unspecified atom stereocenters. The van der Waals surface area contributed by atoms with Gasteiger partial charge in [0.05, 0.1) is 17.7 Å². The van der Waals surface area contributed by atoms with Gasteiger partial charge in [-0.05, 0) is 85.4 Å². The Kier molecular flexibility index (Phi) is 7.84. The van der Waals surface area contributed by atoms with Crippen molar-refractivity contribution >= 4 is 60.4 Å². The first-order valence-corrected chi connectivity index (χ1v) is 12.1. The molecule has 3 aromatic rings. The van der Waals surface area contributed by atoms with Crippen LogP contribution in [0.1, 0.15) is 12.5 Å². The molecule has 3 aromatic carbocycles. The highest BCUT2D eigenvalue weighted by Crippen LogP contribution is 2.20. The fourth-order valence-electron chi connectivity index (χ4n) is 2.64. The molecule has 10 heteroatoms. The number of anilines is 2. The minimum Gasteiger partial charge on any atom is -0.497 e. The second-order valence-electron chi connectivity index (χ2n) is 6.63. The minimum atomic E-state index is -3.72. The van der Waals surface area contributed by atoms with Gasteiger partial charge in [-0.3, -0.25) is 10.1 Å². The molecule has 3 N–H and O–H groups in total. The smallest absolute Gasteiger partial charge is 0.261 e. The van der Waals surface area contributed by atoms with Gasteiger partial charge in [-0.15, -0.1) is 0 Å². The van der Waals surface area contributed by atoms with E-state index >= 15 is 0 Å². The van der Waals surface area contributed by atoms with Crippen LogP contribution in [0.15, 0.2) is 87.3 Å². The van der Waals surface area contributed by atoms with Crippen molar-refractivity contribution < 1.29 is 13.2 Å². The lowest BCUT2D eigenvalue weighted by Gasteiger charge is -2.10. The van der Waals surface area contributed by atoms with Gasteiger partial charge < -0.3 is 10.1 Å². The molecule has 0 saturated heterocycles. The zero-order chi connectivity index (χ0) is 23.1. The van der Waals surface area contributed by atoms with E-state index in [9.17, 15) is 8.42 Å². The number of thiocarbonyl (C=S) groups is 1. The normalized spacial score (nSPS) is 11.5. The first-order valence-electron chi connectivity index (χ1n) is 9.41. The quantitative estimate of drug-likeness (QED) is 0.226. The summed E-state index contributed by atoms with van der Waals surface area (Å²) in [6.07, 6.45) is 0. The first-order chi connectivity index (χ1) is 15.3. The first kappa shape index (κ1) is 23.7. The molecule has 166 valence electrons. The number of halogens is 1. The number of hydrazone groups is 1. The van der Waals surface area contributed by atoms with Crippen LogP contribution in [0.3, 0.4) is 0 Å². The molecule has 0 aliphatic rings. The third-order valence-corrected chi connectivity index (χ3v) is 6.47. The van der Waals surface area contributed by atoms with Crippen LogP contribution in [-0.4, -0.2) is 26.4 Å². The van der Waals surface area contributed by atoms with Crippen molar-refractivity contribution in [1.29, 1.82) is 0 Å². The number of ether oxygens (including phenoxy) is 1. The van der Waals surface area contributed by atoms with Gasteiger partial charge in [-0.2, -0.15) is 5.10 Å². The molecule has 7 nitrogen and oxygen atoms in total. The largest absolute Gasteiger partial charge is 0.497 e. The van der Waals surface area contributed by atoms with Gasteiger partial charge in [0.1, 0.15) is 5.75 Å². The van der Waals surface area contributed by atoms with E-state index in [1.807, 2.05) is 24.3 Å². The summed E-state index contributed by atoms with van der Waals surface area (Å²) >= 11 is 8.63. The summed E-state index contributed by atoms with van der Waals surface area (Å²) in [7, 11) is -2.17. The third-order valence-electron chi connectivity index (χ3n) is 4.35. The van der Waals surface area contributed by atoms with Gasteiger partial charge in [-0.25, -0.2) is 8.42 Å². The number of nitrogens with one attached hydrogen (secondary N) is 3. The maximum absolute atomic E-state index is 12.6. The van der Waals surface area contributed by atoms with E-state index in [0.717, 1.165) is 15.7 Å². The summed E-state index contributed by atoms with van der Waals surface area (Å²) in [5.41, 5.74) is 5.47. The van der Waals surface area contributed by atoms with E-state index in [-0.39, 0.29) is 4.90 Å². The van der Waals surface area contributed by atoms with Crippen LogP contribution < -0.4 is 20.2 Å². The molecule has 0 atom stereocenters. The Bertz CT molecular complexity index is 1210. The number of hydrogen-bond acceptors (Lipinski definition) is 5. The Morgan fingerprint density at radius 2 is 1.53 bits per heavy atom. The van der Waals surface area contributed by atoms with Gasteiger partial charge in [0, 0.05) is 15.8 Å². The van der Waals surface area contributed by atoms with Gasteiger partial charge in [0.25, 0.3) is 10.0 Å². The molecule has 0 aromatic heterocycles. The number of sulfonamides is 1. The molecule has 0 aliphatic heterocycles. The topological polar surface area (TPSA) is 91.8 Å². The van der Waals surface area contributed by atoms with Crippen molar-refractivity contribution in [1.82, 2.24) is 5.43 Å². The Balaban J connectivity index is 1.62. The third kappa shape index (κ3) is 6.52. The lowest BCUT2D eigenvalue weighted by molar-refractivity contribution is 0.415. The van der Waals surface area contributed by atoms with Crippen LogP contribution in [0.4, 0.5) is 11.4 Å². The average molecular weight is 533 g/mol. The molecule has 0 heterocycles. The molecular formula is C22H21BrN4O3S2. The lowest BCUT2D eigenvalue weighted by Crippen LogP contribution is -2.24.